The molecule has 10 heteroatoms. The molecule has 38 heavy (non-hydrogen) atoms. The molecule has 7 nitrogen and oxygen atoms in total. The van der Waals surface area contributed by atoms with Gasteiger partial charge in [0.25, 0.3) is 10.0 Å². The Labute approximate surface area is 237 Å². The molecule has 0 aromatic heterocycles. The molecule has 3 aromatic rings. The summed E-state index contributed by atoms with van der Waals surface area (Å²) in [6.45, 7) is 3.23. The first kappa shape index (κ1) is 29.6. The van der Waals surface area contributed by atoms with E-state index in [1.54, 1.807) is 55.5 Å². The molecule has 0 aliphatic rings. The number of rotatable bonds is 12. The molecule has 3 rings (SSSR count). The summed E-state index contributed by atoms with van der Waals surface area (Å²) in [6.07, 6.45) is 1.66. The predicted molar refractivity (Wildman–Crippen MR) is 154 cm³/mol. The van der Waals surface area contributed by atoms with Crippen LogP contribution in [0.4, 0.5) is 10.1 Å². The van der Waals surface area contributed by atoms with Crippen molar-refractivity contribution in [2.75, 3.05) is 17.4 Å². The molecule has 0 aliphatic carbocycles. The summed E-state index contributed by atoms with van der Waals surface area (Å²) < 4.78 is 43.8. The van der Waals surface area contributed by atoms with Crippen molar-refractivity contribution in [3.8, 4) is 0 Å². The third-order valence-corrected chi connectivity index (χ3v) is 8.53. The molecule has 3 aromatic carbocycles. The summed E-state index contributed by atoms with van der Waals surface area (Å²) in [7, 11) is -4.13. The second kappa shape index (κ2) is 13.7. The monoisotopic (exact) mass is 651 g/mol. The van der Waals surface area contributed by atoms with Crippen molar-refractivity contribution in [3.05, 3.63) is 93.8 Å². The highest BCUT2D eigenvalue weighted by molar-refractivity contribution is 14.1. The first-order valence-electron chi connectivity index (χ1n) is 12.3. The lowest BCUT2D eigenvalue weighted by Gasteiger charge is -2.32. The van der Waals surface area contributed by atoms with Crippen LogP contribution in [0.25, 0.3) is 0 Å². The van der Waals surface area contributed by atoms with E-state index in [4.69, 9.17) is 0 Å². The van der Waals surface area contributed by atoms with Gasteiger partial charge in [0.1, 0.15) is 18.4 Å². The van der Waals surface area contributed by atoms with E-state index in [0.29, 0.717) is 12.2 Å². The van der Waals surface area contributed by atoms with Gasteiger partial charge in [-0.25, -0.2) is 12.8 Å². The molecule has 0 saturated heterocycles. The van der Waals surface area contributed by atoms with E-state index in [2.05, 4.69) is 27.9 Å². The van der Waals surface area contributed by atoms with E-state index < -0.39 is 40.2 Å². The fourth-order valence-electron chi connectivity index (χ4n) is 3.78. The van der Waals surface area contributed by atoms with Crippen LogP contribution >= 0.6 is 22.6 Å². The summed E-state index contributed by atoms with van der Waals surface area (Å²) in [5, 5.41) is 2.81. The van der Waals surface area contributed by atoms with Crippen LogP contribution in [0.15, 0.2) is 83.8 Å². The number of halogens is 2. The van der Waals surface area contributed by atoms with Crippen molar-refractivity contribution >= 4 is 50.1 Å². The van der Waals surface area contributed by atoms with Gasteiger partial charge in [0, 0.05) is 22.2 Å². The lowest BCUT2D eigenvalue weighted by Crippen LogP contribution is -2.51. The second-order valence-electron chi connectivity index (χ2n) is 8.73. The van der Waals surface area contributed by atoms with Crippen LogP contribution in [0.1, 0.15) is 32.3 Å². The smallest absolute Gasteiger partial charge is 0.264 e. The fourth-order valence-corrected chi connectivity index (χ4v) is 5.58. The molecule has 0 aliphatic heterocycles. The molecule has 1 N–H and O–H groups in total. The van der Waals surface area contributed by atoms with Gasteiger partial charge in [0.05, 0.1) is 10.6 Å². The number of sulfonamides is 1. The molecule has 1 atom stereocenters. The van der Waals surface area contributed by atoms with E-state index in [9.17, 15) is 22.4 Å². The highest BCUT2D eigenvalue weighted by atomic mass is 127. The SMILES string of the molecule is CCCCNC(=O)[C@H](C)N(Cc1ccccc1F)C(=O)CN(c1ccc(I)cc1)S(=O)(=O)c1ccccc1. The lowest BCUT2D eigenvalue weighted by atomic mass is 10.1. The number of nitrogens with zero attached hydrogens (tertiary/aromatic N) is 2. The van der Waals surface area contributed by atoms with Crippen LogP contribution in [-0.2, 0) is 26.2 Å². The standard InChI is InChI=1S/C28H31FIN3O4S/c1-3-4-18-31-28(35)21(2)32(19-22-10-8-9-13-26(22)29)27(34)20-33(24-16-14-23(30)15-17-24)38(36,37)25-11-6-5-7-12-25/h5-17,21H,3-4,18-20H2,1-2H3,(H,31,35)/t21-/m0/s1. The van der Waals surface area contributed by atoms with Gasteiger partial charge in [-0.1, -0.05) is 49.7 Å². The van der Waals surface area contributed by atoms with Crippen LogP contribution in [0.3, 0.4) is 0 Å². The molecule has 0 unspecified atom stereocenters. The van der Waals surface area contributed by atoms with Gasteiger partial charge in [-0.3, -0.25) is 13.9 Å². The Morgan fingerprint density at radius 1 is 0.974 bits per heavy atom. The van der Waals surface area contributed by atoms with E-state index >= 15 is 0 Å². The summed E-state index contributed by atoms with van der Waals surface area (Å²) >= 11 is 2.11. The molecular formula is C28H31FIN3O4S. The van der Waals surface area contributed by atoms with Gasteiger partial charge in [0.2, 0.25) is 11.8 Å². The van der Waals surface area contributed by atoms with Crippen LogP contribution in [0, 0.1) is 9.39 Å². The minimum absolute atomic E-state index is 0.0253. The molecule has 0 radical (unpaired) electrons. The third-order valence-electron chi connectivity index (χ3n) is 6.02. The van der Waals surface area contributed by atoms with Crippen LogP contribution in [0.2, 0.25) is 0 Å². The summed E-state index contributed by atoms with van der Waals surface area (Å²) in [5.74, 6) is -1.55. The molecule has 0 bridgehead atoms. The van der Waals surface area contributed by atoms with Crippen molar-refractivity contribution in [3.63, 3.8) is 0 Å². The Morgan fingerprint density at radius 3 is 2.24 bits per heavy atom. The molecule has 202 valence electrons. The number of carbonyl (C=O) groups excluding carboxylic acids is 2. The van der Waals surface area contributed by atoms with Gasteiger partial charge in [-0.15, -0.1) is 0 Å². The van der Waals surface area contributed by atoms with E-state index in [0.717, 1.165) is 20.7 Å². The minimum atomic E-state index is -4.13. The zero-order valence-electron chi connectivity index (χ0n) is 21.3. The Balaban J connectivity index is 1.99. The number of benzene rings is 3. The molecule has 0 saturated carbocycles. The Morgan fingerprint density at radius 2 is 1.61 bits per heavy atom. The number of hydrogen-bond acceptors (Lipinski definition) is 4. The maximum atomic E-state index is 14.6. The molecular weight excluding hydrogens is 620 g/mol. The number of anilines is 1. The number of unbranched alkanes of at least 4 members (excludes halogenated alkanes) is 1. The quantitative estimate of drug-likeness (QED) is 0.222. The topological polar surface area (TPSA) is 86.8 Å². The minimum Gasteiger partial charge on any atom is -0.354 e. The van der Waals surface area contributed by atoms with E-state index in [1.165, 1.54) is 35.2 Å². The van der Waals surface area contributed by atoms with Crippen LogP contribution in [0.5, 0.6) is 0 Å². The molecule has 2 amide bonds. The summed E-state index contributed by atoms with van der Waals surface area (Å²) in [5.41, 5.74) is 0.523. The maximum Gasteiger partial charge on any atom is 0.264 e. The highest BCUT2D eigenvalue weighted by Crippen LogP contribution is 2.25. The van der Waals surface area contributed by atoms with Crippen molar-refractivity contribution in [2.24, 2.45) is 0 Å². The summed E-state index contributed by atoms with van der Waals surface area (Å²) in [4.78, 5) is 27.9. The first-order chi connectivity index (χ1) is 18.1. The normalized spacial score (nSPS) is 12.0. The van der Waals surface area contributed by atoms with Gasteiger partial charge in [-0.2, -0.15) is 0 Å². The number of hydrogen-bond donors (Lipinski definition) is 1. The van der Waals surface area contributed by atoms with Crippen LogP contribution in [-0.4, -0.2) is 44.3 Å². The predicted octanol–water partition coefficient (Wildman–Crippen LogP) is 4.96. The number of amides is 2. The maximum absolute atomic E-state index is 14.6. The van der Waals surface area contributed by atoms with Crippen molar-refractivity contribution in [2.45, 2.75) is 44.2 Å². The average Bonchev–Trinajstić information content (AvgIpc) is 2.92. The molecule has 0 fully saturated rings. The third kappa shape index (κ3) is 7.53. The zero-order chi connectivity index (χ0) is 27.7. The highest BCUT2D eigenvalue weighted by Gasteiger charge is 2.32. The van der Waals surface area contributed by atoms with Gasteiger partial charge < -0.3 is 10.2 Å². The van der Waals surface area contributed by atoms with Gasteiger partial charge in [0.15, 0.2) is 0 Å². The molecule has 0 heterocycles. The van der Waals surface area contributed by atoms with Gasteiger partial charge >= 0.3 is 0 Å². The fraction of sp³-hybridized carbons (Fsp3) is 0.286. The van der Waals surface area contributed by atoms with Crippen molar-refractivity contribution in [1.82, 2.24) is 10.2 Å². The second-order valence-corrected chi connectivity index (χ2v) is 11.8. The first-order valence-corrected chi connectivity index (χ1v) is 14.8. The number of nitrogens with one attached hydrogen (secondary N) is 1. The Kier molecular flexibility index (Phi) is 10.7. The number of carbonyl (C=O) groups is 2. The van der Waals surface area contributed by atoms with E-state index in [-0.39, 0.29) is 17.0 Å². The largest absolute Gasteiger partial charge is 0.354 e. The van der Waals surface area contributed by atoms with Crippen molar-refractivity contribution < 1.29 is 22.4 Å². The zero-order valence-corrected chi connectivity index (χ0v) is 24.3. The Bertz CT molecular complexity index is 1340. The Hall–Kier alpha value is -2.99. The van der Waals surface area contributed by atoms with Crippen LogP contribution < -0.4 is 9.62 Å². The average molecular weight is 652 g/mol. The van der Waals surface area contributed by atoms with Gasteiger partial charge in [-0.05, 0) is 78.4 Å². The molecule has 0 spiro atoms. The van der Waals surface area contributed by atoms with E-state index in [1.807, 2.05) is 6.92 Å². The summed E-state index contributed by atoms with van der Waals surface area (Å²) in [6, 6.07) is 19.6. The van der Waals surface area contributed by atoms with Crippen molar-refractivity contribution in [1.29, 1.82) is 0 Å². The lowest BCUT2D eigenvalue weighted by molar-refractivity contribution is -0.139.